The van der Waals surface area contributed by atoms with Gasteiger partial charge in [0.05, 0.1) is 11.8 Å². The number of hydrogen-bond acceptors (Lipinski definition) is 5. The highest BCUT2D eigenvalue weighted by molar-refractivity contribution is 7.90. The summed E-state index contributed by atoms with van der Waals surface area (Å²) in [5.74, 6) is -3.56. The first kappa shape index (κ1) is 25.8. The van der Waals surface area contributed by atoms with E-state index in [4.69, 9.17) is 5.10 Å². The molecule has 2 aliphatic rings. The van der Waals surface area contributed by atoms with E-state index in [1.54, 1.807) is 24.5 Å². The molecule has 3 heterocycles. The number of nitrogens with zero attached hydrogens (tertiary/aromatic N) is 4. The van der Waals surface area contributed by atoms with Gasteiger partial charge in [-0.05, 0) is 67.6 Å². The maximum atomic E-state index is 16.0. The summed E-state index contributed by atoms with van der Waals surface area (Å²) in [6.45, 7) is 1.99. The second-order valence-electron chi connectivity index (χ2n) is 10.2. The van der Waals surface area contributed by atoms with Gasteiger partial charge in [0, 0.05) is 54.4 Å². The monoisotopic (exact) mass is 552 g/mol. The molecule has 2 fully saturated rings. The molecule has 1 aliphatic heterocycles. The van der Waals surface area contributed by atoms with E-state index in [0.717, 1.165) is 43.6 Å². The van der Waals surface area contributed by atoms with Gasteiger partial charge in [0.2, 0.25) is 0 Å². The van der Waals surface area contributed by atoms with Crippen LogP contribution in [-0.2, 0) is 15.6 Å². The zero-order valence-electron chi connectivity index (χ0n) is 21.1. The van der Waals surface area contributed by atoms with Crippen molar-refractivity contribution in [3.05, 3.63) is 90.1 Å². The van der Waals surface area contributed by atoms with Crippen molar-refractivity contribution in [2.45, 2.75) is 48.4 Å². The number of benzene rings is 2. The van der Waals surface area contributed by atoms with Gasteiger partial charge in [-0.3, -0.25) is 9.67 Å². The number of likely N-dealkylation sites (tertiary alicyclic amines) is 1. The van der Waals surface area contributed by atoms with E-state index < -0.39 is 37.9 Å². The molecule has 10 heteroatoms. The number of rotatable bonds is 7. The highest BCUT2D eigenvalue weighted by Crippen LogP contribution is 2.37. The Morgan fingerprint density at radius 1 is 0.872 bits per heavy atom. The minimum atomic E-state index is -4.36. The van der Waals surface area contributed by atoms with Crippen molar-refractivity contribution in [3.8, 4) is 22.4 Å². The molecule has 0 radical (unpaired) electrons. The van der Waals surface area contributed by atoms with E-state index in [1.165, 1.54) is 18.9 Å². The van der Waals surface area contributed by atoms with Crippen LogP contribution in [0.5, 0.6) is 0 Å². The van der Waals surface area contributed by atoms with Crippen molar-refractivity contribution >= 4 is 9.84 Å². The summed E-state index contributed by atoms with van der Waals surface area (Å²) in [5.41, 5.74) is 1.89. The van der Waals surface area contributed by atoms with Crippen LogP contribution in [0.25, 0.3) is 22.4 Å². The smallest absolute Gasteiger partial charge is 0.185 e. The fourth-order valence-electron chi connectivity index (χ4n) is 5.35. The second-order valence-corrected chi connectivity index (χ2v) is 12.2. The molecule has 0 atom stereocenters. The van der Waals surface area contributed by atoms with Crippen molar-refractivity contribution in [1.29, 1.82) is 0 Å². The molecule has 2 aromatic carbocycles. The van der Waals surface area contributed by atoms with Crippen LogP contribution in [-0.4, -0.2) is 47.2 Å². The summed E-state index contributed by atoms with van der Waals surface area (Å²) in [4.78, 5) is 5.81. The zero-order chi connectivity index (χ0) is 27.1. The fourth-order valence-corrected chi connectivity index (χ4v) is 6.79. The van der Waals surface area contributed by atoms with Gasteiger partial charge in [-0.25, -0.2) is 21.6 Å². The molecule has 1 saturated heterocycles. The van der Waals surface area contributed by atoms with Crippen molar-refractivity contribution in [2.75, 3.05) is 13.1 Å². The van der Waals surface area contributed by atoms with E-state index in [1.807, 2.05) is 23.0 Å². The predicted molar refractivity (Wildman–Crippen MR) is 141 cm³/mol. The maximum Gasteiger partial charge on any atom is 0.185 e. The molecule has 0 bridgehead atoms. The average molecular weight is 553 g/mol. The predicted octanol–water partition coefficient (Wildman–Crippen LogP) is 5.80. The summed E-state index contributed by atoms with van der Waals surface area (Å²) in [7, 11) is -4.36. The Labute approximate surface area is 225 Å². The second kappa shape index (κ2) is 10.2. The van der Waals surface area contributed by atoms with Gasteiger partial charge in [-0.1, -0.05) is 12.1 Å². The van der Waals surface area contributed by atoms with E-state index in [2.05, 4.69) is 9.88 Å². The van der Waals surface area contributed by atoms with E-state index >= 15 is 4.39 Å². The third-order valence-electron chi connectivity index (χ3n) is 7.57. The third kappa shape index (κ3) is 5.23. The normalized spacial score (nSPS) is 17.0. The Kier molecular flexibility index (Phi) is 6.76. The molecule has 2 aromatic heterocycles. The Morgan fingerprint density at radius 2 is 1.62 bits per heavy atom. The van der Waals surface area contributed by atoms with Gasteiger partial charge in [-0.2, -0.15) is 5.10 Å². The van der Waals surface area contributed by atoms with E-state index in [-0.39, 0.29) is 17.2 Å². The number of hydrogen-bond donors (Lipinski definition) is 0. The first-order chi connectivity index (χ1) is 18.8. The lowest BCUT2D eigenvalue weighted by atomic mass is 10.0. The zero-order valence-corrected chi connectivity index (χ0v) is 21.9. The number of sulfone groups is 1. The quantitative estimate of drug-likeness (QED) is 0.290. The summed E-state index contributed by atoms with van der Waals surface area (Å²) in [6, 6.07) is 11.2. The molecule has 0 spiro atoms. The fraction of sp³-hybridized carbons (Fsp3) is 0.310. The maximum absolute atomic E-state index is 16.0. The van der Waals surface area contributed by atoms with E-state index in [0.29, 0.717) is 23.4 Å². The van der Waals surface area contributed by atoms with E-state index in [9.17, 15) is 17.2 Å². The highest BCUT2D eigenvalue weighted by Gasteiger charge is 2.33. The number of pyridine rings is 1. The molecule has 1 saturated carbocycles. The largest absolute Gasteiger partial charge is 0.300 e. The van der Waals surface area contributed by atoms with Crippen LogP contribution in [0.3, 0.4) is 0 Å². The molecule has 6 nitrogen and oxygen atoms in total. The molecule has 0 N–H and O–H groups in total. The van der Waals surface area contributed by atoms with Crippen LogP contribution in [0.4, 0.5) is 13.2 Å². The molecule has 39 heavy (non-hydrogen) atoms. The first-order valence-corrected chi connectivity index (χ1v) is 14.6. The molecule has 1 aliphatic carbocycles. The van der Waals surface area contributed by atoms with Crippen LogP contribution >= 0.6 is 0 Å². The lowest BCUT2D eigenvalue weighted by Gasteiger charge is -2.32. The molecule has 4 aromatic rings. The summed E-state index contributed by atoms with van der Waals surface area (Å²) in [6.07, 6.45) is 9.63. The lowest BCUT2D eigenvalue weighted by Crippen LogP contribution is -2.36. The van der Waals surface area contributed by atoms with Gasteiger partial charge in [0.15, 0.2) is 9.84 Å². The Balaban J connectivity index is 1.37. The van der Waals surface area contributed by atoms with Gasteiger partial charge in [0.1, 0.15) is 28.0 Å². The summed E-state index contributed by atoms with van der Waals surface area (Å²) >= 11 is 0. The van der Waals surface area contributed by atoms with Gasteiger partial charge in [-0.15, -0.1) is 0 Å². The van der Waals surface area contributed by atoms with Gasteiger partial charge < -0.3 is 4.90 Å². The van der Waals surface area contributed by atoms with Crippen LogP contribution in [0, 0.1) is 17.5 Å². The lowest BCUT2D eigenvalue weighted by molar-refractivity contribution is 0.172. The third-order valence-corrected chi connectivity index (χ3v) is 9.24. The number of aromatic nitrogens is 3. The molecular weight excluding hydrogens is 525 g/mol. The molecule has 202 valence electrons. The van der Waals surface area contributed by atoms with Crippen molar-refractivity contribution in [2.24, 2.45) is 0 Å². The Hall–Kier alpha value is -3.50. The Bertz CT molecular complexity index is 1610. The summed E-state index contributed by atoms with van der Waals surface area (Å²) < 4.78 is 71.7. The minimum Gasteiger partial charge on any atom is -0.300 e. The van der Waals surface area contributed by atoms with Crippen molar-refractivity contribution in [1.82, 2.24) is 19.7 Å². The number of halogens is 3. The topological polar surface area (TPSA) is 68.1 Å². The molecular formula is C29H27F3N4O2S. The van der Waals surface area contributed by atoms with Crippen LogP contribution in [0.2, 0.25) is 0 Å². The average Bonchev–Trinajstić information content (AvgIpc) is 3.70. The highest BCUT2D eigenvalue weighted by atomic mass is 32.2. The Morgan fingerprint density at radius 3 is 2.33 bits per heavy atom. The van der Waals surface area contributed by atoms with Crippen LogP contribution < -0.4 is 0 Å². The standard InChI is InChI=1S/C29H27F3N4O2S/c30-21-4-7-26(31)27(16-21)39(37,38)18-20-2-1-3-24(28(20)32)29-25(19-8-12-33-13-9-19)17-36(34-29)23-10-14-35(15-11-23)22-5-6-22/h1-4,7-9,12-13,16-17,22-23H,5-6,10-11,14-15,18H2. The molecule has 0 unspecified atom stereocenters. The first-order valence-electron chi connectivity index (χ1n) is 13.0. The van der Waals surface area contributed by atoms with Gasteiger partial charge >= 0.3 is 0 Å². The van der Waals surface area contributed by atoms with Crippen LogP contribution in [0.1, 0.15) is 37.3 Å². The van der Waals surface area contributed by atoms with Crippen molar-refractivity contribution < 1.29 is 21.6 Å². The number of piperidine rings is 1. The van der Waals surface area contributed by atoms with Crippen LogP contribution in [0.15, 0.2) is 72.0 Å². The molecule has 6 rings (SSSR count). The van der Waals surface area contributed by atoms with Gasteiger partial charge in [0.25, 0.3) is 0 Å². The van der Waals surface area contributed by atoms with Crippen molar-refractivity contribution in [3.63, 3.8) is 0 Å². The SMILES string of the molecule is O=S(=O)(Cc1cccc(-c2nn(C3CCN(C4CC4)CC3)cc2-c2ccncc2)c1F)c1cc(F)ccc1F. The minimum absolute atomic E-state index is 0.142. The summed E-state index contributed by atoms with van der Waals surface area (Å²) in [5, 5.41) is 4.83. The molecule has 0 amide bonds.